The van der Waals surface area contributed by atoms with Crippen molar-refractivity contribution < 1.29 is 22.7 Å². The van der Waals surface area contributed by atoms with E-state index in [1.807, 2.05) is 31.2 Å². The number of sulfonamides is 1. The third kappa shape index (κ3) is 5.52. The highest BCUT2D eigenvalue weighted by molar-refractivity contribution is 7.89. The number of benzene rings is 2. The summed E-state index contributed by atoms with van der Waals surface area (Å²) in [5.74, 6) is 1.000. The van der Waals surface area contributed by atoms with E-state index in [0.717, 1.165) is 12.0 Å². The van der Waals surface area contributed by atoms with Gasteiger partial charge in [-0.15, -0.1) is 0 Å². The predicted octanol–water partition coefficient (Wildman–Crippen LogP) is 3.45. The van der Waals surface area contributed by atoms with Gasteiger partial charge < -0.3 is 14.4 Å². The number of hydrogen-bond donors (Lipinski definition) is 1. The molecular formula is C22H28N2O5S. The van der Waals surface area contributed by atoms with Gasteiger partial charge in [0.1, 0.15) is 16.4 Å². The highest BCUT2D eigenvalue weighted by Gasteiger charge is 2.26. The maximum atomic E-state index is 12.8. The van der Waals surface area contributed by atoms with Crippen molar-refractivity contribution in [3.05, 3.63) is 54.1 Å². The van der Waals surface area contributed by atoms with Crippen LogP contribution in [-0.4, -0.2) is 46.2 Å². The fourth-order valence-electron chi connectivity index (χ4n) is 3.43. The van der Waals surface area contributed by atoms with E-state index in [-0.39, 0.29) is 16.9 Å². The Kier molecular flexibility index (Phi) is 7.33. The molecule has 7 nitrogen and oxygen atoms in total. The molecule has 1 aliphatic heterocycles. The van der Waals surface area contributed by atoms with E-state index in [1.165, 1.54) is 7.11 Å². The maximum Gasteiger partial charge on any atom is 0.415 e. The highest BCUT2D eigenvalue weighted by atomic mass is 32.2. The Balaban J connectivity index is 1.53. The molecule has 0 aliphatic carbocycles. The van der Waals surface area contributed by atoms with Gasteiger partial charge in [0.2, 0.25) is 10.0 Å². The monoisotopic (exact) mass is 432 g/mol. The molecule has 2 aromatic rings. The number of methoxy groups -OCH3 is 1. The van der Waals surface area contributed by atoms with Crippen molar-refractivity contribution in [1.29, 1.82) is 0 Å². The number of amides is 1. The molecule has 1 amide bonds. The zero-order valence-electron chi connectivity index (χ0n) is 17.3. The molecule has 162 valence electrons. The summed E-state index contributed by atoms with van der Waals surface area (Å²) in [6.07, 6.45) is 1.78. The lowest BCUT2D eigenvalue weighted by atomic mass is 9.97. The van der Waals surface area contributed by atoms with Crippen LogP contribution in [0.4, 0.5) is 4.79 Å². The third-order valence-electron chi connectivity index (χ3n) is 5.31. The SMILES string of the molecule is CCc1ccc(OC)c(S(=O)(=O)NCC2CCN(C(=O)Oc3ccccc3)CC2)c1. The van der Waals surface area contributed by atoms with E-state index in [1.54, 1.807) is 29.2 Å². The van der Waals surface area contributed by atoms with Crippen molar-refractivity contribution in [2.24, 2.45) is 5.92 Å². The van der Waals surface area contributed by atoms with Gasteiger partial charge in [0.25, 0.3) is 0 Å². The lowest BCUT2D eigenvalue weighted by Crippen LogP contribution is -2.42. The van der Waals surface area contributed by atoms with Crippen LogP contribution in [0.3, 0.4) is 0 Å². The molecule has 3 rings (SSSR count). The quantitative estimate of drug-likeness (QED) is 0.724. The largest absolute Gasteiger partial charge is 0.495 e. The first-order chi connectivity index (χ1) is 14.4. The minimum atomic E-state index is -3.69. The number of carbonyl (C=O) groups is 1. The Bertz CT molecular complexity index is 955. The van der Waals surface area contributed by atoms with Crippen LogP contribution in [0.2, 0.25) is 0 Å². The van der Waals surface area contributed by atoms with E-state index >= 15 is 0 Å². The Labute approximate surface area is 178 Å². The molecule has 1 heterocycles. The number of ether oxygens (including phenoxy) is 2. The number of nitrogens with zero attached hydrogens (tertiary/aromatic N) is 1. The van der Waals surface area contributed by atoms with Crippen LogP contribution in [0, 0.1) is 5.92 Å². The Morgan fingerprint density at radius 3 is 2.47 bits per heavy atom. The summed E-state index contributed by atoms with van der Waals surface area (Å²) in [4.78, 5) is 14.1. The molecule has 0 saturated carbocycles. The van der Waals surface area contributed by atoms with Gasteiger partial charge in [0.15, 0.2) is 0 Å². The zero-order valence-corrected chi connectivity index (χ0v) is 18.2. The normalized spacial score (nSPS) is 15.1. The summed E-state index contributed by atoms with van der Waals surface area (Å²) in [6, 6.07) is 14.2. The first-order valence-electron chi connectivity index (χ1n) is 10.1. The molecule has 30 heavy (non-hydrogen) atoms. The van der Waals surface area contributed by atoms with Crippen molar-refractivity contribution in [3.63, 3.8) is 0 Å². The summed E-state index contributed by atoms with van der Waals surface area (Å²) >= 11 is 0. The molecule has 1 N–H and O–H groups in total. The molecule has 0 radical (unpaired) electrons. The van der Waals surface area contributed by atoms with Crippen LogP contribution in [-0.2, 0) is 16.4 Å². The van der Waals surface area contributed by atoms with Crippen molar-refractivity contribution in [1.82, 2.24) is 9.62 Å². The number of para-hydroxylation sites is 1. The Hall–Kier alpha value is -2.58. The second-order valence-electron chi connectivity index (χ2n) is 7.30. The average Bonchev–Trinajstić information content (AvgIpc) is 2.78. The third-order valence-corrected chi connectivity index (χ3v) is 6.75. The smallest absolute Gasteiger partial charge is 0.415 e. The fraction of sp³-hybridized carbons (Fsp3) is 0.409. The van der Waals surface area contributed by atoms with Crippen molar-refractivity contribution in [2.75, 3.05) is 26.7 Å². The van der Waals surface area contributed by atoms with Gasteiger partial charge in [-0.3, -0.25) is 0 Å². The Morgan fingerprint density at radius 1 is 1.13 bits per heavy atom. The van der Waals surface area contributed by atoms with Gasteiger partial charge in [0, 0.05) is 19.6 Å². The number of piperidine rings is 1. The lowest BCUT2D eigenvalue weighted by Gasteiger charge is -2.31. The maximum absolute atomic E-state index is 12.8. The van der Waals surface area contributed by atoms with Gasteiger partial charge >= 0.3 is 6.09 Å². The molecule has 0 aromatic heterocycles. The number of aryl methyl sites for hydroxylation is 1. The van der Waals surface area contributed by atoms with Gasteiger partial charge in [-0.25, -0.2) is 17.9 Å². The number of carbonyl (C=O) groups excluding carboxylic acids is 1. The topological polar surface area (TPSA) is 84.9 Å². The van der Waals surface area contributed by atoms with E-state index in [9.17, 15) is 13.2 Å². The number of likely N-dealkylation sites (tertiary alicyclic amines) is 1. The second kappa shape index (κ2) is 9.95. The minimum absolute atomic E-state index is 0.154. The molecule has 2 aromatic carbocycles. The zero-order chi connectivity index (χ0) is 21.6. The van der Waals surface area contributed by atoms with Crippen LogP contribution in [0.1, 0.15) is 25.3 Å². The van der Waals surface area contributed by atoms with E-state index in [4.69, 9.17) is 9.47 Å². The molecular weight excluding hydrogens is 404 g/mol. The molecule has 1 aliphatic rings. The summed E-state index contributed by atoms with van der Waals surface area (Å²) in [5, 5.41) is 0. The van der Waals surface area contributed by atoms with Gasteiger partial charge in [-0.2, -0.15) is 0 Å². The number of nitrogens with one attached hydrogen (secondary N) is 1. The average molecular weight is 433 g/mol. The van der Waals surface area contributed by atoms with Crippen LogP contribution < -0.4 is 14.2 Å². The second-order valence-corrected chi connectivity index (χ2v) is 9.04. The van der Waals surface area contributed by atoms with Gasteiger partial charge in [0.05, 0.1) is 7.11 Å². The standard InChI is InChI=1S/C22H28N2O5S/c1-3-17-9-10-20(28-2)21(15-17)30(26,27)23-16-18-11-13-24(14-12-18)22(25)29-19-7-5-4-6-8-19/h4-10,15,18,23H,3,11-14,16H2,1-2H3. The molecule has 8 heteroatoms. The molecule has 1 saturated heterocycles. The predicted molar refractivity (Wildman–Crippen MR) is 114 cm³/mol. The number of hydrogen-bond acceptors (Lipinski definition) is 5. The van der Waals surface area contributed by atoms with Crippen molar-refractivity contribution >= 4 is 16.1 Å². The van der Waals surface area contributed by atoms with Crippen LogP contribution in [0.15, 0.2) is 53.4 Å². The molecule has 0 spiro atoms. The van der Waals surface area contributed by atoms with Gasteiger partial charge in [-0.1, -0.05) is 31.2 Å². The molecule has 1 fully saturated rings. The van der Waals surface area contributed by atoms with Crippen LogP contribution in [0.5, 0.6) is 11.5 Å². The van der Waals surface area contributed by atoms with Crippen LogP contribution in [0.25, 0.3) is 0 Å². The molecule has 0 atom stereocenters. The lowest BCUT2D eigenvalue weighted by molar-refractivity contribution is 0.131. The van der Waals surface area contributed by atoms with E-state index in [2.05, 4.69) is 4.72 Å². The van der Waals surface area contributed by atoms with Crippen molar-refractivity contribution in [2.45, 2.75) is 31.1 Å². The minimum Gasteiger partial charge on any atom is -0.495 e. The van der Waals surface area contributed by atoms with E-state index in [0.29, 0.717) is 44.0 Å². The summed E-state index contributed by atoms with van der Waals surface area (Å²) in [7, 11) is -2.22. The Morgan fingerprint density at radius 2 is 1.83 bits per heavy atom. The van der Waals surface area contributed by atoms with E-state index < -0.39 is 10.0 Å². The number of rotatable bonds is 7. The first kappa shape index (κ1) is 22.1. The highest BCUT2D eigenvalue weighted by Crippen LogP contribution is 2.26. The first-order valence-corrected chi connectivity index (χ1v) is 11.6. The summed E-state index contributed by atoms with van der Waals surface area (Å²) in [5.41, 5.74) is 0.932. The van der Waals surface area contributed by atoms with Gasteiger partial charge in [-0.05, 0) is 55.0 Å². The summed E-state index contributed by atoms with van der Waals surface area (Å²) in [6.45, 7) is 3.37. The van der Waals surface area contributed by atoms with Crippen LogP contribution >= 0.6 is 0 Å². The molecule has 0 unspecified atom stereocenters. The van der Waals surface area contributed by atoms with Crippen molar-refractivity contribution in [3.8, 4) is 11.5 Å². The fourth-order valence-corrected chi connectivity index (χ4v) is 4.76. The molecule has 0 bridgehead atoms. The summed E-state index contributed by atoms with van der Waals surface area (Å²) < 4.78 is 39.0.